The Kier molecular flexibility index (Phi) is 16.4. The van der Waals surface area contributed by atoms with Crippen LogP contribution >= 0.6 is 0 Å². The van der Waals surface area contributed by atoms with Gasteiger partial charge in [0, 0.05) is 25.4 Å². The van der Waals surface area contributed by atoms with Crippen molar-refractivity contribution in [2.24, 2.45) is 11.7 Å². The van der Waals surface area contributed by atoms with E-state index in [-0.39, 0.29) is 6.42 Å². The molecule has 16 N–H and O–H groups in total. The van der Waals surface area contributed by atoms with E-state index in [9.17, 15) is 87.9 Å². The Morgan fingerprint density at radius 1 is 0.841 bits per heavy atom. The summed E-state index contributed by atoms with van der Waals surface area (Å²) in [6.45, 7) is 1.24. The van der Waals surface area contributed by atoms with Gasteiger partial charge in [-0.25, -0.2) is 0 Å². The number of primary amides is 1. The molecule has 352 valence electrons. The molecule has 3 aliphatic heterocycles. The topological polar surface area (TPSA) is 446 Å². The molecule has 0 saturated carbocycles. The number of nitrogens with two attached hydrogens (primary N) is 1. The molecule has 1 aromatic carbocycles. The molecule has 0 spiro atoms. The smallest absolute Gasteiger partial charge is 0.446 e. The van der Waals surface area contributed by atoms with Crippen LogP contribution in [0.5, 0.6) is 11.5 Å². The van der Waals surface area contributed by atoms with Gasteiger partial charge >= 0.3 is 10.4 Å². The second kappa shape index (κ2) is 20.5. The van der Waals surface area contributed by atoms with E-state index in [0.717, 1.165) is 19.1 Å². The number of carbonyl (C=O) groups is 7. The summed E-state index contributed by atoms with van der Waals surface area (Å²) in [5, 5.41) is 106. The number of aliphatic hydroxyl groups is 8. The lowest BCUT2D eigenvalue weighted by Gasteiger charge is -2.34. The number of carbonyl (C=O) groups excluding carboxylic acids is 7. The van der Waals surface area contributed by atoms with Crippen LogP contribution < -0.4 is 31.2 Å². The van der Waals surface area contributed by atoms with Crippen molar-refractivity contribution in [2.75, 3.05) is 13.1 Å². The highest BCUT2D eigenvalue weighted by Gasteiger charge is 2.49. The predicted octanol–water partition coefficient (Wildman–Crippen LogP) is -8.20. The highest BCUT2D eigenvalue weighted by molar-refractivity contribution is 7.81. The van der Waals surface area contributed by atoms with Crippen molar-refractivity contribution in [1.29, 1.82) is 0 Å². The highest BCUT2D eigenvalue weighted by Crippen LogP contribution is 2.32. The Morgan fingerprint density at radius 2 is 1.44 bits per heavy atom. The Labute approximate surface area is 357 Å². The van der Waals surface area contributed by atoms with Crippen molar-refractivity contribution in [2.45, 2.75) is 119 Å². The van der Waals surface area contributed by atoms with Gasteiger partial charge in [0.1, 0.15) is 42.4 Å². The SMILES string of the molecule is CC1CC(O)C(O)NC(=O)C2C(O)CCN2C(=O)C(C(O)CC(N)=O)NC(=O)C(C(O)C(O)c2ccc(O)c(OS(=O)(=O)O)c2)NC(=O)C2CC(O)CN2C(=O)C(C(C)O)NC1=O. The quantitative estimate of drug-likeness (QED) is 0.102. The van der Waals surface area contributed by atoms with E-state index in [4.69, 9.17) is 10.3 Å². The van der Waals surface area contributed by atoms with Crippen molar-refractivity contribution in [3.63, 3.8) is 0 Å². The summed E-state index contributed by atoms with van der Waals surface area (Å²) >= 11 is 0. The van der Waals surface area contributed by atoms with Gasteiger partial charge in [0.25, 0.3) is 0 Å². The first kappa shape index (κ1) is 50.3. The van der Waals surface area contributed by atoms with Crippen molar-refractivity contribution < 1.29 is 96.7 Å². The first-order valence-corrected chi connectivity index (χ1v) is 20.6. The summed E-state index contributed by atoms with van der Waals surface area (Å²) in [4.78, 5) is 96.4. The molecule has 3 saturated heterocycles. The molecular formula is C35H51N7O20S. The number of nitrogens with zero attached hydrogens (tertiary/aromatic N) is 2. The van der Waals surface area contributed by atoms with Gasteiger partial charge < -0.3 is 86.9 Å². The third-order valence-electron chi connectivity index (χ3n) is 10.7. The van der Waals surface area contributed by atoms with Gasteiger partial charge in [0.2, 0.25) is 41.4 Å². The number of rotatable bonds is 9. The average Bonchev–Trinajstić information content (AvgIpc) is 3.78. The number of aliphatic hydroxyl groups excluding tert-OH is 8. The standard InChI is InChI=1S/C35H51N7O20S/c1-12-7-20(48)31(54)40-33(56)26-18(46)5-6-41(26)35(58)24(19(47)10-22(36)49)38-32(55)25(28(51)27(50)14-3-4-17(45)21(8-14)62-63(59,60)61)39-30(53)16-9-15(44)11-42(16)34(57)23(13(2)43)37-29(12)52/h3-4,8,12-13,15-16,18-20,23-28,31,43-48,50-51,54H,5-7,9-11H2,1-2H3,(H2,36,49)(H,37,52)(H,38,55)(H,39,53)(H,40,56)(H,59,60,61). The molecule has 1 aromatic rings. The van der Waals surface area contributed by atoms with E-state index in [1.807, 2.05) is 10.6 Å². The lowest BCUT2D eigenvalue weighted by molar-refractivity contribution is -0.149. The molecule has 3 fully saturated rings. The zero-order valence-electron chi connectivity index (χ0n) is 33.5. The average molecular weight is 922 g/mol. The number of nitrogens with one attached hydrogen (secondary N) is 4. The molecule has 63 heavy (non-hydrogen) atoms. The van der Waals surface area contributed by atoms with Gasteiger partial charge in [-0.05, 0) is 37.5 Å². The summed E-state index contributed by atoms with van der Waals surface area (Å²) in [6, 6.07) is -8.19. The summed E-state index contributed by atoms with van der Waals surface area (Å²) in [7, 11) is -5.29. The predicted molar refractivity (Wildman–Crippen MR) is 205 cm³/mol. The second-order valence-electron chi connectivity index (χ2n) is 15.5. The summed E-state index contributed by atoms with van der Waals surface area (Å²) in [6.07, 6.45) is -18.7. The van der Waals surface area contributed by atoms with Gasteiger partial charge in [-0.15, -0.1) is 0 Å². The summed E-state index contributed by atoms with van der Waals surface area (Å²) < 4.78 is 36.2. The van der Waals surface area contributed by atoms with Crippen LogP contribution in [-0.2, 0) is 44.0 Å². The van der Waals surface area contributed by atoms with Gasteiger partial charge in [0.15, 0.2) is 17.7 Å². The molecular weight excluding hydrogens is 870 g/mol. The van der Waals surface area contributed by atoms with Gasteiger partial charge in [-0.3, -0.25) is 38.1 Å². The van der Waals surface area contributed by atoms with Crippen LogP contribution in [0.15, 0.2) is 18.2 Å². The van der Waals surface area contributed by atoms with E-state index in [1.54, 1.807) is 0 Å². The lowest BCUT2D eigenvalue weighted by atomic mass is 9.96. The van der Waals surface area contributed by atoms with Crippen molar-refractivity contribution in [3.8, 4) is 11.5 Å². The molecule has 27 nitrogen and oxygen atoms in total. The van der Waals surface area contributed by atoms with Crippen LogP contribution in [-0.4, -0.2) is 196 Å². The van der Waals surface area contributed by atoms with Crippen molar-refractivity contribution in [3.05, 3.63) is 23.8 Å². The van der Waals surface area contributed by atoms with E-state index in [0.29, 0.717) is 15.9 Å². The molecule has 4 rings (SSSR count). The second-order valence-corrected chi connectivity index (χ2v) is 16.5. The third kappa shape index (κ3) is 12.2. The molecule has 7 amide bonds. The highest BCUT2D eigenvalue weighted by atomic mass is 32.3. The van der Waals surface area contributed by atoms with E-state index in [2.05, 4.69) is 14.8 Å². The van der Waals surface area contributed by atoms with Crippen LogP contribution in [0.2, 0.25) is 0 Å². The van der Waals surface area contributed by atoms with Crippen LogP contribution in [0.25, 0.3) is 0 Å². The molecule has 0 bridgehead atoms. The minimum Gasteiger partial charge on any atom is -0.504 e. The number of phenols is 1. The number of benzene rings is 1. The van der Waals surface area contributed by atoms with Gasteiger partial charge in [-0.2, -0.15) is 8.42 Å². The van der Waals surface area contributed by atoms with Gasteiger partial charge in [0.05, 0.1) is 36.9 Å². The monoisotopic (exact) mass is 921 g/mol. The number of phenolic OH excluding ortho intramolecular Hbond substituents is 1. The first-order valence-electron chi connectivity index (χ1n) is 19.3. The van der Waals surface area contributed by atoms with Crippen LogP contribution in [0.1, 0.15) is 51.2 Å². The number of amides is 7. The van der Waals surface area contributed by atoms with Crippen LogP contribution in [0, 0.1) is 5.92 Å². The van der Waals surface area contributed by atoms with Gasteiger partial charge in [-0.1, -0.05) is 13.0 Å². The molecule has 3 heterocycles. The fourth-order valence-electron chi connectivity index (χ4n) is 7.33. The Bertz CT molecular complexity index is 2030. The van der Waals surface area contributed by atoms with E-state index in [1.165, 1.54) is 6.92 Å². The Balaban J connectivity index is 1.86. The fraction of sp³-hybridized carbons (Fsp3) is 0.629. The molecule has 0 aromatic heterocycles. The Morgan fingerprint density at radius 3 is 2.05 bits per heavy atom. The third-order valence-corrected chi connectivity index (χ3v) is 11.0. The molecule has 14 atom stereocenters. The maximum absolute atomic E-state index is 14.3. The first-order chi connectivity index (χ1) is 29.2. The van der Waals surface area contributed by atoms with Crippen molar-refractivity contribution >= 4 is 51.7 Å². The number of hydrogen-bond acceptors (Lipinski definition) is 19. The number of aromatic hydroxyl groups is 1. The molecule has 0 radical (unpaired) electrons. The normalized spacial score (nSPS) is 31.5. The fourth-order valence-corrected chi connectivity index (χ4v) is 7.69. The minimum absolute atomic E-state index is 0.321. The van der Waals surface area contributed by atoms with Crippen LogP contribution in [0.4, 0.5) is 0 Å². The zero-order chi connectivity index (χ0) is 47.4. The molecule has 0 aliphatic carbocycles. The largest absolute Gasteiger partial charge is 0.504 e. The van der Waals surface area contributed by atoms with Crippen LogP contribution in [0.3, 0.4) is 0 Å². The summed E-state index contributed by atoms with van der Waals surface area (Å²) in [5.74, 6) is -12.3. The maximum atomic E-state index is 14.3. The zero-order valence-corrected chi connectivity index (χ0v) is 34.3. The van der Waals surface area contributed by atoms with E-state index >= 15 is 0 Å². The lowest BCUT2D eigenvalue weighted by Crippen LogP contribution is -2.64. The van der Waals surface area contributed by atoms with Crippen molar-refractivity contribution in [1.82, 2.24) is 31.1 Å². The number of hydrogen-bond donors (Lipinski definition) is 15. The molecule has 28 heteroatoms. The number of fused-ring (bicyclic) bond motifs is 2. The van der Waals surface area contributed by atoms with E-state index < -0.39 is 186 Å². The summed E-state index contributed by atoms with van der Waals surface area (Å²) in [5.41, 5.74) is 4.68. The molecule has 14 unspecified atom stereocenters. The minimum atomic E-state index is -5.29. The maximum Gasteiger partial charge on any atom is 0.446 e. The molecule has 3 aliphatic rings. The Hall–Kier alpha value is -5.30.